The highest BCUT2D eigenvalue weighted by Gasteiger charge is 2.02. The van der Waals surface area contributed by atoms with E-state index in [9.17, 15) is 4.79 Å². The van der Waals surface area contributed by atoms with Crippen LogP contribution in [0.2, 0.25) is 0 Å². The van der Waals surface area contributed by atoms with Crippen LogP contribution < -0.4 is 0 Å². The van der Waals surface area contributed by atoms with Crippen molar-refractivity contribution in [2.24, 2.45) is 0 Å². The van der Waals surface area contributed by atoms with E-state index in [1.807, 2.05) is 19.1 Å². The zero-order valence-electron chi connectivity index (χ0n) is 11.8. The molecule has 2 nitrogen and oxygen atoms in total. The number of carbonyl (C=O) groups is 1. The molecule has 2 heteroatoms. The van der Waals surface area contributed by atoms with Crippen molar-refractivity contribution in [2.45, 2.75) is 20.3 Å². The van der Waals surface area contributed by atoms with Gasteiger partial charge >= 0.3 is 5.97 Å². The van der Waals surface area contributed by atoms with Gasteiger partial charge in [0, 0.05) is 6.08 Å². The van der Waals surface area contributed by atoms with Crippen molar-refractivity contribution < 1.29 is 9.90 Å². The summed E-state index contributed by atoms with van der Waals surface area (Å²) < 4.78 is 0. The Kier molecular flexibility index (Phi) is 4.36. The monoisotopic (exact) mass is 266 g/mol. The van der Waals surface area contributed by atoms with E-state index in [1.54, 1.807) is 0 Å². The van der Waals surface area contributed by atoms with Gasteiger partial charge in [0.1, 0.15) is 0 Å². The minimum absolute atomic E-state index is 0.667. The summed E-state index contributed by atoms with van der Waals surface area (Å²) in [6.07, 6.45) is 1.93. The van der Waals surface area contributed by atoms with Crippen LogP contribution in [0.15, 0.2) is 60.2 Å². The van der Waals surface area contributed by atoms with Gasteiger partial charge in [-0.2, -0.15) is 0 Å². The lowest BCUT2D eigenvalue weighted by Crippen LogP contribution is -1.93. The van der Waals surface area contributed by atoms with E-state index in [0.717, 1.165) is 11.1 Å². The Bertz CT molecular complexity index is 637. The summed E-state index contributed by atoms with van der Waals surface area (Å²) in [5.74, 6) is -0.890. The molecule has 2 rings (SSSR count). The summed E-state index contributed by atoms with van der Waals surface area (Å²) in [5.41, 5.74) is 5.64. The molecule has 0 aliphatic heterocycles. The number of hydrogen-bond donors (Lipinski definition) is 1. The smallest absolute Gasteiger partial charge is 0.328 e. The summed E-state index contributed by atoms with van der Waals surface area (Å²) in [7, 11) is 0. The summed E-state index contributed by atoms with van der Waals surface area (Å²) >= 11 is 0. The molecule has 0 amide bonds. The third-order valence-corrected chi connectivity index (χ3v) is 3.26. The molecule has 0 radical (unpaired) electrons. The SMILES string of the molecule is C/C(=C\C(=O)O)Cc1ccc(-c2ccccc2C)cc1. The highest BCUT2D eigenvalue weighted by atomic mass is 16.4. The van der Waals surface area contributed by atoms with Gasteiger partial charge in [0.05, 0.1) is 0 Å². The average Bonchev–Trinajstić information content (AvgIpc) is 2.39. The molecule has 0 fully saturated rings. The van der Waals surface area contributed by atoms with E-state index in [1.165, 1.54) is 22.8 Å². The molecular formula is C18H18O2. The Morgan fingerprint density at radius 2 is 1.75 bits per heavy atom. The molecule has 20 heavy (non-hydrogen) atoms. The molecule has 0 saturated carbocycles. The van der Waals surface area contributed by atoms with Crippen LogP contribution in [0, 0.1) is 6.92 Å². The summed E-state index contributed by atoms with van der Waals surface area (Å²) in [4.78, 5) is 10.6. The van der Waals surface area contributed by atoms with E-state index in [-0.39, 0.29) is 0 Å². The lowest BCUT2D eigenvalue weighted by atomic mass is 9.98. The largest absolute Gasteiger partial charge is 0.478 e. The van der Waals surface area contributed by atoms with Gasteiger partial charge < -0.3 is 5.11 Å². The van der Waals surface area contributed by atoms with Crippen molar-refractivity contribution >= 4 is 5.97 Å². The second kappa shape index (κ2) is 6.20. The minimum atomic E-state index is -0.890. The fourth-order valence-electron chi connectivity index (χ4n) is 2.28. The second-order valence-electron chi connectivity index (χ2n) is 5.02. The van der Waals surface area contributed by atoms with E-state index in [0.29, 0.717) is 6.42 Å². The summed E-state index contributed by atoms with van der Waals surface area (Å²) in [5, 5.41) is 8.71. The highest BCUT2D eigenvalue weighted by molar-refractivity contribution is 5.80. The van der Waals surface area contributed by atoms with Crippen LogP contribution in [-0.4, -0.2) is 11.1 Å². The van der Waals surface area contributed by atoms with Crippen molar-refractivity contribution in [1.29, 1.82) is 0 Å². The van der Waals surface area contributed by atoms with E-state index < -0.39 is 5.97 Å². The van der Waals surface area contributed by atoms with Crippen LogP contribution >= 0.6 is 0 Å². The van der Waals surface area contributed by atoms with Gasteiger partial charge in [0.2, 0.25) is 0 Å². The van der Waals surface area contributed by atoms with Crippen molar-refractivity contribution in [3.8, 4) is 11.1 Å². The molecule has 0 atom stereocenters. The first-order valence-corrected chi connectivity index (χ1v) is 6.61. The van der Waals surface area contributed by atoms with E-state index >= 15 is 0 Å². The highest BCUT2D eigenvalue weighted by Crippen LogP contribution is 2.23. The Labute approximate surface area is 119 Å². The predicted molar refractivity (Wildman–Crippen MR) is 81.7 cm³/mol. The van der Waals surface area contributed by atoms with Gasteiger partial charge in [0.15, 0.2) is 0 Å². The molecule has 0 bridgehead atoms. The zero-order valence-corrected chi connectivity index (χ0v) is 11.8. The Morgan fingerprint density at radius 3 is 2.35 bits per heavy atom. The quantitative estimate of drug-likeness (QED) is 0.841. The number of rotatable bonds is 4. The molecule has 2 aromatic rings. The molecule has 0 aromatic heterocycles. The van der Waals surface area contributed by atoms with Crippen LogP contribution in [0.3, 0.4) is 0 Å². The Balaban J connectivity index is 2.19. The predicted octanol–water partition coefficient (Wildman–Crippen LogP) is 4.24. The molecule has 0 saturated heterocycles. The van der Waals surface area contributed by atoms with Crippen LogP contribution in [-0.2, 0) is 11.2 Å². The number of aliphatic carboxylic acids is 1. The Hall–Kier alpha value is -2.35. The Morgan fingerprint density at radius 1 is 1.10 bits per heavy atom. The van der Waals surface area contributed by atoms with Crippen molar-refractivity contribution in [3.05, 3.63) is 71.3 Å². The standard InChI is InChI=1S/C18H18O2/c1-13(12-18(19)20)11-15-7-9-16(10-8-15)17-6-4-3-5-14(17)2/h3-10,12H,11H2,1-2H3,(H,19,20)/b13-12+. The van der Waals surface area contributed by atoms with Gasteiger partial charge in [-0.05, 0) is 42.5 Å². The zero-order chi connectivity index (χ0) is 14.5. The van der Waals surface area contributed by atoms with Gasteiger partial charge in [-0.25, -0.2) is 4.79 Å². The van der Waals surface area contributed by atoms with Crippen molar-refractivity contribution in [2.75, 3.05) is 0 Å². The molecule has 0 aliphatic rings. The first kappa shape index (κ1) is 14.1. The third-order valence-electron chi connectivity index (χ3n) is 3.26. The average molecular weight is 266 g/mol. The summed E-state index contributed by atoms with van der Waals surface area (Å²) in [6, 6.07) is 16.6. The number of allylic oxidation sites excluding steroid dienone is 1. The van der Waals surface area contributed by atoms with Crippen LogP contribution in [0.25, 0.3) is 11.1 Å². The maximum absolute atomic E-state index is 10.6. The maximum Gasteiger partial charge on any atom is 0.328 e. The second-order valence-corrected chi connectivity index (χ2v) is 5.02. The third kappa shape index (κ3) is 3.58. The topological polar surface area (TPSA) is 37.3 Å². The fourth-order valence-corrected chi connectivity index (χ4v) is 2.28. The molecule has 0 aliphatic carbocycles. The van der Waals surface area contributed by atoms with Gasteiger partial charge in [0.25, 0.3) is 0 Å². The molecular weight excluding hydrogens is 248 g/mol. The first-order valence-electron chi connectivity index (χ1n) is 6.61. The van der Waals surface area contributed by atoms with Crippen molar-refractivity contribution in [1.82, 2.24) is 0 Å². The maximum atomic E-state index is 10.6. The molecule has 0 spiro atoms. The number of hydrogen-bond acceptors (Lipinski definition) is 1. The first-order chi connectivity index (χ1) is 9.56. The van der Waals surface area contributed by atoms with Crippen LogP contribution in [0.4, 0.5) is 0 Å². The molecule has 102 valence electrons. The van der Waals surface area contributed by atoms with E-state index in [4.69, 9.17) is 5.11 Å². The minimum Gasteiger partial charge on any atom is -0.478 e. The van der Waals surface area contributed by atoms with E-state index in [2.05, 4.69) is 43.3 Å². The lowest BCUT2D eigenvalue weighted by molar-refractivity contribution is -0.131. The van der Waals surface area contributed by atoms with Gasteiger partial charge in [-0.3, -0.25) is 0 Å². The fraction of sp³-hybridized carbons (Fsp3) is 0.167. The summed E-state index contributed by atoms with van der Waals surface area (Å²) in [6.45, 7) is 3.94. The normalized spacial score (nSPS) is 11.4. The van der Waals surface area contributed by atoms with Crippen LogP contribution in [0.1, 0.15) is 18.1 Å². The van der Waals surface area contributed by atoms with Gasteiger partial charge in [-0.1, -0.05) is 54.1 Å². The van der Waals surface area contributed by atoms with Crippen molar-refractivity contribution in [3.63, 3.8) is 0 Å². The molecule has 1 N–H and O–H groups in total. The van der Waals surface area contributed by atoms with Gasteiger partial charge in [-0.15, -0.1) is 0 Å². The number of carboxylic acids is 1. The number of carboxylic acid groups (broad SMARTS) is 1. The van der Waals surface area contributed by atoms with Crippen LogP contribution in [0.5, 0.6) is 0 Å². The lowest BCUT2D eigenvalue weighted by Gasteiger charge is -2.07. The number of benzene rings is 2. The number of aryl methyl sites for hydroxylation is 1. The molecule has 2 aromatic carbocycles. The molecule has 0 unspecified atom stereocenters. The molecule has 0 heterocycles.